The van der Waals surface area contributed by atoms with Crippen molar-refractivity contribution in [1.82, 2.24) is 0 Å². The van der Waals surface area contributed by atoms with Crippen LogP contribution in [0.25, 0.3) is 0 Å². The Balaban J connectivity index is 2.28. The second-order valence-electron chi connectivity index (χ2n) is 16.6. The van der Waals surface area contributed by atoms with Gasteiger partial charge in [-0.2, -0.15) is 0 Å². The fourth-order valence-corrected chi connectivity index (χ4v) is 7.36. The summed E-state index contributed by atoms with van der Waals surface area (Å²) in [6.45, 7) is 3.43. The van der Waals surface area contributed by atoms with Crippen LogP contribution in [-0.2, 0) is 28.5 Å². The minimum Gasteiger partial charge on any atom is -0.462 e. The van der Waals surface area contributed by atoms with Crippen molar-refractivity contribution in [3.05, 3.63) is 12.2 Å². The van der Waals surface area contributed by atoms with Gasteiger partial charge < -0.3 is 39.4 Å². The van der Waals surface area contributed by atoms with Crippen LogP contribution in [0.5, 0.6) is 0 Å². The highest BCUT2D eigenvalue weighted by atomic mass is 16.7. The molecule has 10 heteroatoms. The summed E-state index contributed by atoms with van der Waals surface area (Å²) in [6, 6.07) is 0. The zero-order valence-electron chi connectivity index (χ0n) is 36.6. The average Bonchev–Trinajstić information content (AvgIpc) is 3.21. The second-order valence-corrected chi connectivity index (χ2v) is 16.6. The number of carbonyl (C=O) groups excluding carboxylic acids is 2. The van der Waals surface area contributed by atoms with E-state index in [2.05, 4.69) is 26.0 Å². The number of hydrogen-bond donors (Lipinski definition) is 4. The van der Waals surface area contributed by atoms with Gasteiger partial charge in [0.25, 0.3) is 0 Å². The first-order valence-corrected chi connectivity index (χ1v) is 23.8. The molecule has 1 rings (SSSR count). The molecule has 1 saturated heterocycles. The molecule has 0 aromatic carbocycles. The third-order valence-corrected chi connectivity index (χ3v) is 11.2. The zero-order valence-corrected chi connectivity index (χ0v) is 36.6. The van der Waals surface area contributed by atoms with Crippen LogP contribution in [0.15, 0.2) is 12.2 Å². The predicted octanol–water partition coefficient (Wildman–Crippen LogP) is 10.3. The van der Waals surface area contributed by atoms with E-state index in [1.165, 1.54) is 135 Å². The van der Waals surface area contributed by atoms with Gasteiger partial charge in [-0.25, -0.2) is 0 Å². The van der Waals surface area contributed by atoms with Crippen LogP contribution in [-0.4, -0.2) is 89.0 Å². The third kappa shape index (κ3) is 30.2. The van der Waals surface area contributed by atoms with E-state index in [4.69, 9.17) is 18.9 Å². The Labute approximate surface area is 348 Å². The highest BCUT2D eigenvalue weighted by Gasteiger charge is 2.44. The number of carbonyl (C=O) groups is 2. The molecule has 0 aromatic rings. The Hall–Kier alpha value is -1.56. The van der Waals surface area contributed by atoms with Crippen LogP contribution in [0.3, 0.4) is 0 Å². The Morgan fingerprint density at radius 3 is 1.37 bits per heavy atom. The zero-order chi connectivity index (χ0) is 41.6. The summed E-state index contributed by atoms with van der Waals surface area (Å²) in [5.74, 6) is -0.805. The Bertz CT molecular complexity index is 943. The van der Waals surface area contributed by atoms with Crippen LogP contribution in [0.2, 0.25) is 0 Å². The summed E-state index contributed by atoms with van der Waals surface area (Å²) < 4.78 is 22.2. The molecular weight excluding hydrogens is 725 g/mol. The first-order valence-electron chi connectivity index (χ1n) is 23.8. The van der Waals surface area contributed by atoms with Gasteiger partial charge in [-0.1, -0.05) is 180 Å². The van der Waals surface area contributed by atoms with Gasteiger partial charge in [-0.15, -0.1) is 0 Å². The first kappa shape index (κ1) is 53.5. The highest BCUT2D eigenvalue weighted by molar-refractivity contribution is 5.70. The van der Waals surface area contributed by atoms with Crippen molar-refractivity contribution in [2.75, 3.05) is 19.8 Å². The second kappa shape index (κ2) is 38.6. The van der Waals surface area contributed by atoms with Crippen LogP contribution < -0.4 is 0 Å². The van der Waals surface area contributed by atoms with Gasteiger partial charge in [0, 0.05) is 12.8 Å². The molecule has 336 valence electrons. The van der Waals surface area contributed by atoms with E-state index in [1.807, 2.05) is 0 Å². The lowest BCUT2D eigenvalue weighted by atomic mass is 9.99. The molecule has 1 heterocycles. The largest absolute Gasteiger partial charge is 0.462 e. The predicted molar refractivity (Wildman–Crippen MR) is 229 cm³/mol. The molecule has 0 spiro atoms. The van der Waals surface area contributed by atoms with E-state index in [-0.39, 0.29) is 32.0 Å². The molecule has 0 aromatic heterocycles. The maximum absolute atomic E-state index is 12.8. The molecular formula is C47H88O10. The summed E-state index contributed by atoms with van der Waals surface area (Å²) in [4.78, 5) is 25.3. The molecule has 1 fully saturated rings. The van der Waals surface area contributed by atoms with Gasteiger partial charge >= 0.3 is 11.9 Å². The molecule has 1 aliphatic heterocycles. The molecule has 0 amide bonds. The van der Waals surface area contributed by atoms with Gasteiger partial charge in [-0.05, 0) is 38.5 Å². The summed E-state index contributed by atoms with van der Waals surface area (Å²) in [5, 5.41) is 40.1. The quantitative estimate of drug-likeness (QED) is 0.0267. The van der Waals surface area contributed by atoms with Gasteiger partial charge in [0.15, 0.2) is 12.4 Å². The molecule has 0 saturated carbocycles. The van der Waals surface area contributed by atoms with Gasteiger partial charge in [0.1, 0.15) is 31.0 Å². The SMILES string of the molecule is CCCCCCC/C=C\CCCCCCCC(=O)OC(COC(=O)CCCCCCCCCCCCCCCCCCCC)COC1OC(CO)C(O)C(O)C1O. The van der Waals surface area contributed by atoms with Crippen molar-refractivity contribution in [3.8, 4) is 0 Å². The molecule has 0 bridgehead atoms. The molecule has 0 aliphatic carbocycles. The molecule has 1 aliphatic rings. The van der Waals surface area contributed by atoms with E-state index in [0.29, 0.717) is 6.42 Å². The van der Waals surface area contributed by atoms with Crippen LogP contribution in [0.1, 0.15) is 219 Å². The number of hydrogen-bond acceptors (Lipinski definition) is 10. The van der Waals surface area contributed by atoms with E-state index >= 15 is 0 Å². The number of allylic oxidation sites excluding steroid dienone is 2. The Kier molecular flexibility index (Phi) is 36.2. The minimum atomic E-state index is -1.59. The molecule has 57 heavy (non-hydrogen) atoms. The Morgan fingerprint density at radius 2 is 0.930 bits per heavy atom. The molecule has 10 nitrogen and oxygen atoms in total. The smallest absolute Gasteiger partial charge is 0.306 e. The van der Waals surface area contributed by atoms with Gasteiger partial charge in [0.05, 0.1) is 13.2 Å². The Morgan fingerprint density at radius 1 is 0.526 bits per heavy atom. The first-order chi connectivity index (χ1) is 27.8. The summed E-state index contributed by atoms with van der Waals surface area (Å²) in [7, 11) is 0. The fraction of sp³-hybridized carbons (Fsp3) is 0.915. The standard InChI is InChI=1S/C47H88O10/c1-3-5-7-9-11-13-15-17-19-20-21-22-24-25-27-29-31-33-35-42(49)54-38-40(39-55-47-46(53)45(52)44(51)41(37-48)57-47)56-43(50)36-34-32-30-28-26-23-18-16-14-12-10-8-6-4-2/h16,18,40-41,44-48,51-53H,3-15,17,19-39H2,1-2H3/b18-16-. The number of ether oxygens (including phenoxy) is 4. The maximum atomic E-state index is 12.8. The van der Waals surface area contributed by atoms with Crippen molar-refractivity contribution in [3.63, 3.8) is 0 Å². The lowest BCUT2D eigenvalue weighted by molar-refractivity contribution is -0.305. The van der Waals surface area contributed by atoms with Crippen molar-refractivity contribution < 1.29 is 49.0 Å². The van der Waals surface area contributed by atoms with Gasteiger partial charge in [0.2, 0.25) is 0 Å². The van der Waals surface area contributed by atoms with Crippen molar-refractivity contribution >= 4 is 11.9 Å². The fourth-order valence-electron chi connectivity index (χ4n) is 7.36. The molecule has 6 unspecified atom stereocenters. The van der Waals surface area contributed by atoms with Crippen LogP contribution in [0, 0.1) is 0 Å². The number of unbranched alkanes of at least 4 members (excludes halogenated alkanes) is 27. The number of rotatable bonds is 40. The topological polar surface area (TPSA) is 152 Å². The van der Waals surface area contributed by atoms with Crippen LogP contribution >= 0.6 is 0 Å². The highest BCUT2D eigenvalue weighted by Crippen LogP contribution is 2.23. The number of aliphatic hydroxyl groups excluding tert-OH is 4. The molecule has 0 radical (unpaired) electrons. The average molecular weight is 813 g/mol. The van der Waals surface area contributed by atoms with E-state index in [9.17, 15) is 30.0 Å². The maximum Gasteiger partial charge on any atom is 0.306 e. The summed E-state index contributed by atoms with van der Waals surface area (Å²) in [6.07, 6.45) is 33.6. The monoisotopic (exact) mass is 813 g/mol. The lowest BCUT2D eigenvalue weighted by Crippen LogP contribution is -2.59. The van der Waals surface area contributed by atoms with E-state index in [1.54, 1.807) is 0 Å². The van der Waals surface area contributed by atoms with E-state index in [0.717, 1.165) is 51.4 Å². The van der Waals surface area contributed by atoms with Crippen LogP contribution in [0.4, 0.5) is 0 Å². The number of esters is 2. The van der Waals surface area contributed by atoms with Crippen molar-refractivity contribution in [1.29, 1.82) is 0 Å². The van der Waals surface area contributed by atoms with Gasteiger partial charge in [-0.3, -0.25) is 9.59 Å². The third-order valence-electron chi connectivity index (χ3n) is 11.2. The normalized spacial score (nSPS) is 20.3. The molecule has 4 N–H and O–H groups in total. The minimum absolute atomic E-state index is 0.215. The number of aliphatic hydroxyl groups is 4. The van der Waals surface area contributed by atoms with Crippen molar-refractivity contribution in [2.24, 2.45) is 0 Å². The summed E-state index contributed by atoms with van der Waals surface area (Å²) >= 11 is 0. The molecule has 6 atom stereocenters. The van der Waals surface area contributed by atoms with Crippen molar-refractivity contribution in [2.45, 2.75) is 256 Å². The summed E-state index contributed by atoms with van der Waals surface area (Å²) in [5.41, 5.74) is 0. The lowest BCUT2D eigenvalue weighted by Gasteiger charge is -2.39. The van der Waals surface area contributed by atoms with E-state index < -0.39 is 49.4 Å².